The summed E-state index contributed by atoms with van der Waals surface area (Å²) in [6.07, 6.45) is 8.24. The average Bonchev–Trinajstić information content (AvgIpc) is 3.18. The molecule has 266 valence electrons. The van der Waals surface area contributed by atoms with E-state index in [9.17, 15) is 9.59 Å². The first-order valence-corrected chi connectivity index (χ1v) is 19.7. The van der Waals surface area contributed by atoms with Crippen LogP contribution in [0.2, 0.25) is 5.02 Å². The normalized spacial score (nSPS) is 24.4. The largest absolute Gasteiger partial charge is 0.444 e. The molecule has 3 aliphatic heterocycles. The summed E-state index contributed by atoms with van der Waals surface area (Å²) in [4.78, 5) is 40.6. The number of amides is 2. The second kappa shape index (κ2) is 16.4. The highest BCUT2D eigenvalue weighted by molar-refractivity contribution is 9.09. The molecule has 3 heterocycles. The molecule has 4 aliphatic rings. The third-order valence-corrected chi connectivity index (χ3v) is 11.3. The molecular weight excluding hydrogens is 690 g/mol. The van der Waals surface area contributed by atoms with Crippen LogP contribution in [0.15, 0.2) is 34.5 Å². The average molecular weight is 747 g/mol. The van der Waals surface area contributed by atoms with Crippen molar-refractivity contribution in [3.05, 3.63) is 45.6 Å². The monoisotopic (exact) mass is 745 g/mol. The zero-order valence-electron chi connectivity index (χ0n) is 30.0. The Labute approximate surface area is 302 Å². The standard InChI is InChI=1S/C38H57BrClN5O3/c1-26(2)33-25-44(21-22-45(33)34(46)23-28-11-17-43(18-12-28)37(47)48-38(4,5)6)31-13-19-42(20-14-31)36-32-10-9-30(40)24-29(32)8-7-27(3)35(36)41-16-15-39/h9-10,16,24,26,28,31,33,36H,7-8,11-15,17-23,25H2,1-6H3. The van der Waals surface area contributed by atoms with Gasteiger partial charge in [0.2, 0.25) is 5.91 Å². The van der Waals surface area contributed by atoms with Crippen LogP contribution in [0.1, 0.15) is 97.2 Å². The summed E-state index contributed by atoms with van der Waals surface area (Å²) in [6.45, 7) is 18.5. The maximum Gasteiger partial charge on any atom is 0.410 e. The summed E-state index contributed by atoms with van der Waals surface area (Å²) < 4.78 is 5.56. The van der Waals surface area contributed by atoms with Crippen molar-refractivity contribution in [3.63, 3.8) is 0 Å². The number of aryl methyl sites for hydroxylation is 1. The van der Waals surface area contributed by atoms with Gasteiger partial charge in [0, 0.05) is 80.9 Å². The second-order valence-corrected chi connectivity index (χ2v) is 16.7. The summed E-state index contributed by atoms with van der Waals surface area (Å²) in [7, 11) is 0. The van der Waals surface area contributed by atoms with Gasteiger partial charge in [0.15, 0.2) is 0 Å². The van der Waals surface area contributed by atoms with Crippen molar-refractivity contribution >= 4 is 45.7 Å². The fourth-order valence-corrected chi connectivity index (χ4v) is 8.47. The third-order valence-electron chi connectivity index (χ3n) is 10.8. The molecule has 0 radical (unpaired) electrons. The van der Waals surface area contributed by atoms with Crippen molar-refractivity contribution in [2.45, 2.75) is 110 Å². The molecule has 0 N–H and O–H groups in total. The van der Waals surface area contributed by atoms with Gasteiger partial charge in [-0.3, -0.25) is 19.6 Å². The Kier molecular flexibility index (Phi) is 12.7. The number of likely N-dealkylation sites (tertiary alicyclic amines) is 2. The molecule has 2 unspecified atom stereocenters. The van der Waals surface area contributed by atoms with E-state index in [0.29, 0.717) is 37.4 Å². The minimum absolute atomic E-state index is 0.143. The van der Waals surface area contributed by atoms with E-state index in [4.69, 9.17) is 21.3 Å². The molecule has 5 rings (SSSR count). The van der Waals surface area contributed by atoms with Crippen molar-refractivity contribution in [2.75, 3.05) is 51.1 Å². The van der Waals surface area contributed by atoms with Crippen LogP contribution in [-0.4, -0.2) is 107 Å². The second-order valence-electron chi connectivity index (χ2n) is 15.7. The van der Waals surface area contributed by atoms with E-state index < -0.39 is 5.60 Å². The zero-order chi connectivity index (χ0) is 34.6. The van der Waals surface area contributed by atoms with Crippen LogP contribution in [-0.2, 0) is 16.0 Å². The zero-order valence-corrected chi connectivity index (χ0v) is 32.4. The molecule has 0 spiro atoms. The summed E-state index contributed by atoms with van der Waals surface area (Å²) >= 11 is 10.0. The number of halogens is 2. The van der Waals surface area contributed by atoms with Gasteiger partial charge < -0.3 is 14.5 Å². The molecule has 0 aromatic heterocycles. The number of hydrogen-bond donors (Lipinski definition) is 0. The number of carbonyl (C=O) groups excluding carboxylic acids is 2. The van der Waals surface area contributed by atoms with Crippen LogP contribution in [0.4, 0.5) is 4.79 Å². The maximum absolute atomic E-state index is 13.7. The summed E-state index contributed by atoms with van der Waals surface area (Å²) in [5.41, 5.74) is 4.75. The van der Waals surface area contributed by atoms with Crippen molar-refractivity contribution in [1.29, 1.82) is 0 Å². The molecule has 1 aliphatic carbocycles. The van der Waals surface area contributed by atoms with Gasteiger partial charge in [-0.2, -0.15) is 0 Å². The van der Waals surface area contributed by atoms with Gasteiger partial charge in [0.05, 0.1) is 11.7 Å². The summed E-state index contributed by atoms with van der Waals surface area (Å²) in [5.74, 6) is 0.991. The molecule has 0 saturated carbocycles. The van der Waals surface area contributed by atoms with Gasteiger partial charge in [-0.1, -0.05) is 47.4 Å². The van der Waals surface area contributed by atoms with Crippen LogP contribution in [0.5, 0.6) is 0 Å². The number of carbonyl (C=O) groups is 2. The molecule has 10 heteroatoms. The number of rotatable bonds is 7. The number of aliphatic imine (C=N–C) groups is 1. The van der Waals surface area contributed by atoms with Crippen LogP contribution in [0.3, 0.4) is 0 Å². The van der Waals surface area contributed by atoms with Crippen LogP contribution in [0.25, 0.3) is 0 Å². The molecule has 3 saturated heterocycles. The highest BCUT2D eigenvalue weighted by Gasteiger charge is 2.39. The Hall–Kier alpha value is -1.94. The number of piperazine rings is 1. The topological polar surface area (TPSA) is 68.7 Å². The van der Waals surface area contributed by atoms with Crippen LogP contribution >= 0.6 is 27.5 Å². The van der Waals surface area contributed by atoms with Gasteiger partial charge in [-0.05, 0) is 107 Å². The van der Waals surface area contributed by atoms with E-state index in [1.165, 1.54) is 22.4 Å². The summed E-state index contributed by atoms with van der Waals surface area (Å²) in [6, 6.07) is 7.30. The van der Waals surface area contributed by atoms with E-state index >= 15 is 0 Å². The van der Waals surface area contributed by atoms with Crippen LogP contribution < -0.4 is 0 Å². The fourth-order valence-electron chi connectivity index (χ4n) is 8.14. The van der Waals surface area contributed by atoms with Gasteiger partial charge >= 0.3 is 6.09 Å². The molecule has 1 aromatic carbocycles. The van der Waals surface area contributed by atoms with E-state index in [-0.39, 0.29) is 24.1 Å². The molecule has 48 heavy (non-hydrogen) atoms. The molecule has 1 aromatic rings. The van der Waals surface area contributed by atoms with Gasteiger partial charge in [-0.15, -0.1) is 0 Å². The minimum atomic E-state index is -0.493. The molecule has 2 amide bonds. The van der Waals surface area contributed by atoms with E-state index in [0.717, 1.165) is 81.6 Å². The third kappa shape index (κ3) is 9.23. The lowest BCUT2D eigenvalue weighted by molar-refractivity contribution is -0.139. The first-order chi connectivity index (χ1) is 22.8. The Morgan fingerprint density at radius 3 is 2.38 bits per heavy atom. The van der Waals surface area contributed by atoms with Crippen molar-refractivity contribution in [2.24, 2.45) is 16.8 Å². The van der Waals surface area contributed by atoms with E-state index in [1.54, 1.807) is 4.90 Å². The number of fused-ring (bicyclic) bond motifs is 1. The van der Waals surface area contributed by atoms with Gasteiger partial charge in [-0.25, -0.2) is 4.79 Å². The minimum Gasteiger partial charge on any atom is -0.444 e. The predicted molar refractivity (Wildman–Crippen MR) is 199 cm³/mol. The van der Waals surface area contributed by atoms with Gasteiger partial charge in [0.25, 0.3) is 0 Å². The van der Waals surface area contributed by atoms with Crippen molar-refractivity contribution in [3.8, 4) is 0 Å². The number of nitrogens with zero attached hydrogens (tertiary/aromatic N) is 5. The maximum atomic E-state index is 13.7. The number of benzene rings is 1. The summed E-state index contributed by atoms with van der Waals surface area (Å²) in [5, 5.41) is 1.54. The highest BCUT2D eigenvalue weighted by atomic mass is 79.9. The predicted octanol–water partition coefficient (Wildman–Crippen LogP) is 7.74. The molecule has 2 atom stereocenters. The molecule has 8 nitrogen and oxygen atoms in total. The van der Waals surface area contributed by atoms with Crippen LogP contribution in [0, 0.1) is 11.8 Å². The lowest BCUT2D eigenvalue weighted by Gasteiger charge is -2.49. The van der Waals surface area contributed by atoms with E-state index in [1.807, 2.05) is 33.1 Å². The Morgan fingerprint density at radius 2 is 1.73 bits per heavy atom. The number of ether oxygens (including phenoxy) is 1. The van der Waals surface area contributed by atoms with Crippen molar-refractivity contribution in [1.82, 2.24) is 19.6 Å². The number of piperidine rings is 2. The van der Waals surface area contributed by atoms with E-state index in [2.05, 4.69) is 63.5 Å². The Balaban J connectivity index is 1.18. The highest BCUT2D eigenvalue weighted by Crippen LogP contribution is 2.40. The molecule has 0 bridgehead atoms. The Bertz CT molecular complexity index is 1340. The smallest absolute Gasteiger partial charge is 0.410 e. The lowest BCUT2D eigenvalue weighted by Crippen LogP contribution is -2.60. The number of allylic oxidation sites excluding steroid dienone is 1. The SMILES string of the molecule is CC1=C(N=CCBr)C(N2CCC(N3CCN(C(=O)CC4CCN(C(=O)OC(C)(C)C)CC4)C(C(C)C)C3)CC2)c2ccc(Cl)cc2CC1. The van der Waals surface area contributed by atoms with Gasteiger partial charge in [0.1, 0.15) is 5.60 Å². The lowest BCUT2D eigenvalue weighted by atomic mass is 9.90. The fraction of sp³-hybridized carbons (Fsp3) is 0.711. The Morgan fingerprint density at radius 1 is 1.02 bits per heavy atom. The van der Waals surface area contributed by atoms with Crippen molar-refractivity contribution < 1.29 is 14.3 Å². The number of hydrogen-bond acceptors (Lipinski definition) is 6. The molecule has 3 fully saturated rings. The number of alkyl halides is 1. The first-order valence-electron chi connectivity index (χ1n) is 18.2. The quantitative estimate of drug-likeness (QED) is 0.211. The first kappa shape index (κ1) is 37.3. The molecular formula is C38H57BrClN5O3.